The van der Waals surface area contributed by atoms with E-state index in [-0.39, 0.29) is 23.9 Å². The van der Waals surface area contributed by atoms with E-state index in [1.807, 2.05) is 0 Å². The molecule has 0 N–H and O–H groups in total. The van der Waals surface area contributed by atoms with Crippen molar-refractivity contribution < 1.29 is 14.0 Å². The summed E-state index contributed by atoms with van der Waals surface area (Å²) in [6.07, 6.45) is -0.0303. The normalized spacial score (nSPS) is 10.7. The highest BCUT2D eigenvalue weighted by Crippen LogP contribution is 2.16. The molecule has 0 fully saturated rings. The first kappa shape index (κ1) is 11.7. The number of furan rings is 1. The van der Waals surface area contributed by atoms with Crippen LogP contribution in [0.3, 0.4) is 0 Å². The van der Waals surface area contributed by atoms with Crippen LogP contribution in [-0.2, 0) is 4.79 Å². The average molecular weight is 208 g/mol. The first-order valence-corrected chi connectivity index (χ1v) is 5.04. The molecule has 0 bridgehead atoms. The van der Waals surface area contributed by atoms with E-state index in [0.717, 1.165) is 0 Å². The third-order valence-corrected chi connectivity index (χ3v) is 2.32. The summed E-state index contributed by atoms with van der Waals surface area (Å²) in [5.74, 6) is 1.02. The lowest BCUT2D eigenvalue weighted by Gasteiger charge is -2.02. The van der Waals surface area contributed by atoms with Crippen LogP contribution in [0.2, 0.25) is 0 Å². The fourth-order valence-electron chi connectivity index (χ4n) is 1.37. The van der Waals surface area contributed by atoms with Crippen molar-refractivity contribution in [1.82, 2.24) is 0 Å². The molecule has 0 unspecified atom stereocenters. The van der Waals surface area contributed by atoms with Crippen molar-refractivity contribution in [2.45, 2.75) is 34.1 Å². The SMILES string of the molecule is Cc1cc(C(=O)CC(=O)C(C)C)c(C)o1. The lowest BCUT2D eigenvalue weighted by molar-refractivity contribution is -0.121. The van der Waals surface area contributed by atoms with E-state index in [2.05, 4.69) is 0 Å². The quantitative estimate of drug-likeness (QED) is 0.564. The van der Waals surface area contributed by atoms with Crippen molar-refractivity contribution in [3.8, 4) is 0 Å². The van der Waals surface area contributed by atoms with Crippen LogP contribution in [0.25, 0.3) is 0 Å². The van der Waals surface area contributed by atoms with E-state index < -0.39 is 0 Å². The summed E-state index contributed by atoms with van der Waals surface area (Å²) in [6, 6.07) is 1.69. The van der Waals surface area contributed by atoms with Crippen LogP contribution < -0.4 is 0 Å². The summed E-state index contributed by atoms with van der Waals surface area (Å²) < 4.78 is 5.25. The van der Waals surface area contributed by atoms with Gasteiger partial charge < -0.3 is 4.42 Å². The van der Waals surface area contributed by atoms with E-state index in [1.54, 1.807) is 33.8 Å². The summed E-state index contributed by atoms with van der Waals surface area (Å²) in [5, 5.41) is 0. The van der Waals surface area contributed by atoms with E-state index in [9.17, 15) is 9.59 Å². The molecule has 0 aliphatic rings. The molecule has 1 aromatic rings. The van der Waals surface area contributed by atoms with Gasteiger partial charge in [-0.1, -0.05) is 13.8 Å². The van der Waals surface area contributed by atoms with Crippen molar-refractivity contribution >= 4 is 11.6 Å². The van der Waals surface area contributed by atoms with Gasteiger partial charge >= 0.3 is 0 Å². The van der Waals surface area contributed by atoms with Crippen molar-refractivity contribution in [1.29, 1.82) is 0 Å². The molecule has 0 saturated carbocycles. The molecule has 3 heteroatoms. The molecule has 3 nitrogen and oxygen atoms in total. The predicted octanol–water partition coefficient (Wildman–Crippen LogP) is 2.69. The molecule has 0 radical (unpaired) electrons. The Labute approximate surface area is 89.5 Å². The first-order chi connectivity index (χ1) is 6.91. The Morgan fingerprint density at radius 2 is 1.93 bits per heavy atom. The molecule has 0 atom stereocenters. The summed E-state index contributed by atoms with van der Waals surface area (Å²) in [6.45, 7) is 7.11. The standard InChI is InChI=1S/C12H16O3/c1-7(2)11(13)6-12(14)10-5-8(3)15-9(10)4/h5,7H,6H2,1-4H3. The molecule has 0 spiro atoms. The Balaban J connectivity index is 2.78. The van der Waals surface area contributed by atoms with E-state index >= 15 is 0 Å². The van der Waals surface area contributed by atoms with Crippen LogP contribution >= 0.6 is 0 Å². The van der Waals surface area contributed by atoms with E-state index in [0.29, 0.717) is 17.1 Å². The minimum absolute atomic E-state index is 0.0294. The van der Waals surface area contributed by atoms with Gasteiger partial charge in [0.25, 0.3) is 0 Å². The van der Waals surface area contributed by atoms with Crippen LogP contribution in [0.1, 0.15) is 42.1 Å². The smallest absolute Gasteiger partial charge is 0.173 e. The van der Waals surface area contributed by atoms with Gasteiger partial charge in [0.05, 0.1) is 12.0 Å². The maximum absolute atomic E-state index is 11.7. The molecule has 1 aromatic heterocycles. The van der Waals surface area contributed by atoms with Crippen LogP contribution in [-0.4, -0.2) is 11.6 Å². The molecule has 0 saturated heterocycles. The highest BCUT2D eigenvalue weighted by molar-refractivity contribution is 6.08. The zero-order chi connectivity index (χ0) is 11.6. The van der Waals surface area contributed by atoms with Crippen LogP contribution in [0, 0.1) is 19.8 Å². The van der Waals surface area contributed by atoms with Gasteiger partial charge in [-0.25, -0.2) is 0 Å². The topological polar surface area (TPSA) is 47.3 Å². The minimum atomic E-state index is -0.150. The lowest BCUT2D eigenvalue weighted by atomic mass is 10.0. The zero-order valence-electron chi connectivity index (χ0n) is 9.59. The van der Waals surface area contributed by atoms with Gasteiger partial charge in [-0.05, 0) is 19.9 Å². The third-order valence-electron chi connectivity index (χ3n) is 2.32. The molecule has 15 heavy (non-hydrogen) atoms. The number of hydrogen-bond acceptors (Lipinski definition) is 3. The minimum Gasteiger partial charge on any atom is -0.466 e. The molecule has 1 heterocycles. The number of aryl methyl sites for hydroxylation is 2. The number of rotatable bonds is 4. The average Bonchev–Trinajstić information content (AvgIpc) is 2.44. The van der Waals surface area contributed by atoms with Crippen LogP contribution in [0.5, 0.6) is 0 Å². The third kappa shape index (κ3) is 2.78. The molecular weight excluding hydrogens is 192 g/mol. The second-order valence-electron chi connectivity index (χ2n) is 4.05. The van der Waals surface area contributed by atoms with Crippen LogP contribution in [0.4, 0.5) is 0 Å². The number of Topliss-reactive ketones (excluding diaryl/α,β-unsaturated/α-hetero) is 2. The van der Waals surface area contributed by atoms with Gasteiger partial charge in [-0.15, -0.1) is 0 Å². The Kier molecular flexibility index (Phi) is 3.45. The Morgan fingerprint density at radius 1 is 1.33 bits per heavy atom. The molecular formula is C12H16O3. The molecule has 0 aromatic carbocycles. The van der Waals surface area contributed by atoms with Crippen molar-refractivity contribution in [2.75, 3.05) is 0 Å². The largest absolute Gasteiger partial charge is 0.466 e. The molecule has 1 rings (SSSR count). The number of ketones is 2. The number of hydrogen-bond donors (Lipinski definition) is 0. The molecule has 0 aliphatic heterocycles. The van der Waals surface area contributed by atoms with Crippen LogP contribution in [0.15, 0.2) is 10.5 Å². The zero-order valence-corrected chi connectivity index (χ0v) is 9.59. The second kappa shape index (κ2) is 4.43. The fraction of sp³-hybridized carbons (Fsp3) is 0.500. The molecule has 0 amide bonds. The Hall–Kier alpha value is -1.38. The summed E-state index contributed by atoms with van der Waals surface area (Å²) in [4.78, 5) is 23.1. The Bertz CT molecular complexity index is 386. The first-order valence-electron chi connectivity index (χ1n) is 5.04. The van der Waals surface area contributed by atoms with Gasteiger partial charge in [0.2, 0.25) is 0 Å². The van der Waals surface area contributed by atoms with Gasteiger partial charge in [0.1, 0.15) is 17.3 Å². The summed E-state index contributed by atoms with van der Waals surface area (Å²) >= 11 is 0. The van der Waals surface area contributed by atoms with Gasteiger partial charge in [0.15, 0.2) is 5.78 Å². The highest BCUT2D eigenvalue weighted by Gasteiger charge is 2.18. The summed E-state index contributed by atoms with van der Waals surface area (Å²) in [5.41, 5.74) is 0.529. The van der Waals surface area contributed by atoms with Crippen molar-refractivity contribution in [3.63, 3.8) is 0 Å². The van der Waals surface area contributed by atoms with Crippen molar-refractivity contribution in [2.24, 2.45) is 5.92 Å². The molecule has 0 aliphatic carbocycles. The van der Waals surface area contributed by atoms with Gasteiger partial charge in [0, 0.05) is 5.92 Å². The second-order valence-corrected chi connectivity index (χ2v) is 4.05. The van der Waals surface area contributed by atoms with E-state index in [4.69, 9.17) is 4.42 Å². The van der Waals surface area contributed by atoms with Gasteiger partial charge in [-0.3, -0.25) is 9.59 Å². The maximum atomic E-state index is 11.7. The fourth-order valence-corrected chi connectivity index (χ4v) is 1.37. The predicted molar refractivity (Wildman–Crippen MR) is 57.0 cm³/mol. The van der Waals surface area contributed by atoms with Gasteiger partial charge in [-0.2, -0.15) is 0 Å². The monoisotopic (exact) mass is 208 g/mol. The maximum Gasteiger partial charge on any atom is 0.173 e. The van der Waals surface area contributed by atoms with Crippen molar-refractivity contribution in [3.05, 3.63) is 23.2 Å². The van der Waals surface area contributed by atoms with E-state index in [1.165, 1.54) is 0 Å². The number of carbonyl (C=O) groups excluding carboxylic acids is 2. The Morgan fingerprint density at radius 3 is 2.33 bits per heavy atom. The highest BCUT2D eigenvalue weighted by atomic mass is 16.3. The summed E-state index contributed by atoms with van der Waals surface area (Å²) in [7, 11) is 0. The number of carbonyl (C=O) groups is 2. The lowest BCUT2D eigenvalue weighted by Crippen LogP contribution is -2.13. The molecule has 82 valence electrons.